The van der Waals surface area contributed by atoms with Crippen LogP contribution in [0.1, 0.15) is 24.5 Å². The van der Waals surface area contributed by atoms with Crippen molar-refractivity contribution < 1.29 is 18.3 Å². The molecule has 0 radical (unpaired) electrons. The summed E-state index contributed by atoms with van der Waals surface area (Å²) in [5.41, 5.74) is -0.988. The summed E-state index contributed by atoms with van der Waals surface area (Å²) in [6.45, 7) is 1.92. The van der Waals surface area contributed by atoms with Crippen molar-refractivity contribution in [3.63, 3.8) is 0 Å². The summed E-state index contributed by atoms with van der Waals surface area (Å²) >= 11 is 1.66. The minimum atomic E-state index is -4.32. The van der Waals surface area contributed by atoms with Crippen molar-refractivity contribution in [2.24, 2.45) is 0 Å². The second kappa shape index (κ2) is 4.78. The van der Waals surface area contributed by atoms with Crippen LogP contribution in [0.15, 0.2) is 24.3 Å². The van der Waals surface area contributed by atoms with Crippen LogP contribution in [0.3, 0.4) is 0 Å². The maximum Gasteiger partial charge on any atom is 0.416 e. The highest BCUT2D eigenvalue weighted by molar-refractivity contribution is 8.00. The molecular weight excluding hydrogens is 261 g/mol. The predicted molar refractivity (Wildman–Crippen MR) is 66.6 cm³/mol. The minimum Gasteiger partial charge on any atom is -0.388 e. The SMILES string of the molecule is CC1SCCC1(O)Cc1cccc(C(F)(F)F)c1. The summed E-state index contributed by atoms with van der Waals surface area (Å²) in [6.07, 6.45) is -3.41. The monoisotopic (exact) mass is 276 g/mol. The molecule has 0 aliphatic carbocycles. The van der Waals surface area contributed by atoms with Crippen LogP contribution in [0.2, 0.25) is 0 Å². The van der Waals surface area contributed by atoms with Gasteiger partial charge in [0.05, 0.1) is 11.2 Å². The van der Waals surface area contributed by atoms with Gasteiger partial charge < -0.3 is 5.11 Å². The first-order valence-corrected chi connectivity index (χ1v) is 6.86. The van der Waals surface area contributed by atoms with E-state index in [1.165, 1.54) is 6.07 Å². The first kappa shape index (κ1) is 13.7. The van der Waals surface area contributed by atoms with E-state index in [1.807, 2.05) is 6.92 Å². The van der Waals surface area contributed by atoms with E-state index in [4.69, 9.17) is 0 Å². The van der Waals surface area contributed by atoms with Gasteiger partial charge in [-0.15, -0.1) is 0 Å². The Morgan fingerprint density at radius 1 is 1.44 bits per heavy atom. The molecule has 1 heterocycles. The molecule has 0 amide bonds. The van der Waals surface area contributed by atoms with Gasteiger partial charge in [0.1, 0.15) is 0 Å². The Kier molecular flexibility index (Phi) is 3.65. The molecule has 2 rings (SSSR count). The zero-order valence-electron chi connectivity index (χ0n) is 10.00. The van der Waals surface area contributed by atoms with E-state index in [-0.39, 0.29) is 11.7 Å². The van der Waals surface area contributed by atoms with Crippen molar-refractivity contribution in [3.8, 4) is 0 Å². The Morgan fingerprint density at radius 3 is 2.72 bits per heavy atom. The van der Waals surface area contributed by atoms with Crippen molar-refractivity contribution in [3.05, 3.63) is 35.4 Å². The van der Waals surface area contributed by atoms with E-state index in [0.29, 0.717) is 12.0 Å². The third-order valence-electron chi connectivity index (χ3n) is 3.42. The molecule has 0 aromatic heterocycles. The topological polar surface area (TPSA) is 20.2 Å². The molecule has 0 saturated carbocycles. The van der Waals surface area contributed by atoms with E-state index in [2.05, 4.69) is 0 Å². The van der Waals surface area contributed by atoms with E-state index >= 15 is 0 Å². The first-order valence-electron chi connectivity index (χ1n) is 5.81. The van der Waals surface area contributed by atoms with Crippen molar-refractivity contribution in [1.82, 2.24) is 0 Å². The minimum absolute atomic E-state index is 0.0621. The molecule has 1 saturated heterocycles. The molecule has 5 heteroatoms. The van der Waals surface area contributed by atoms with Gasteiger partial charge in [-0.3, -0.25) is 0 Å². The van der Waals surface area contributed by atoms with Gasteiger partial charge in [-0.25, -0.2) is 0 Å². The number of hydrogen-bond donors (Lipinski definition) is 1. The molecule has 2 unspecified atom stereocenters. The lowest BCUT2D eigenvalue weighted by Gasteiger charge is -2.27. The molecule has 1 aromatic rings. The zero-order chi connectivity index (χ0) is 13.4. The quantitative estimate of drug-likeness (QED) is 0.892. The maximum atomic E-state index is 12.6. The third kappa shape index (κ3) is 2.83. The highest BCUT2D eigenvalue weighted by atomic mass is 32.2. The van der Waals surface area contributed by atoms with Crippen LogP contribution in [0.4, 0.5) is 13.2 Å². The molecule has 1 aliphatic rings. The van der Waals surface area contributed by atoms with Gasteiger partial charge in [0.15, 0.2) is 0 Å². The molecule has 1 nitrogen and oxygen atoms in total. The van der Waals surface area contributed by atoms with Crippen LogP contribution >= 0.6 is 11.8 Å². The van der Waals surface area contributed by atoms with E-state index in [9.17, 15) is 18.3 Å². The fourth-order valence-electron chi connectivity index (χ4n) is 2.21. The maximum absolute atomic E-state index is 12.6. The van der Waals surface area contributed by atoms with E-state index < -0.39 is 17.3 Å². The van der Waals surface area contributed by atoms with E-state index in [0.717, 1.165) is 17.9 Å². The Labute approximate surface area is 108 Å². The van der Waals surface area contributed by atoms with Gasteiger partial charge in [0, 0.05) is 11.7 Å². The third-order valence-corrected chi connectivity index (χ3v) is 4.80. The van der Waals surface area contributed by atoms with Gasteiger partial charge in [0.2, 0.25) is 0 Å². The average molecular weight is 276 g/mol. The number of rotatable bonds is 2. The summed E-state index contributed by atoms with van der Waals surface area (Å²) < 4.78 is 37.8. The molecular formula is C13H15F3OS. The van der Waals surface area contributed by atoms with Crippen LogP contribution < -0.4 is 0 Å². The fraction of sp³-hybridized carbons (Fsp3) is 0.538. The summed E-state index contributed by atoms with van der Waals surface area (Å²) in [7, 11) is 0. The standard InChI is InChI=1S/C13H15F3OS/c1-9-12(17,5-6-18-9)8-10-3-2-4-11(7-10)13(14,15)16/h2-4,7,9,17H,5-6,8H2,1H3. The highest BCUT2D eigenvalue weighted by Crippen LogP contribution is 2.38. The van der Waals surface area contributed by atoms with Gasteiger partial charge in [-0.2, -0.15) is 24.9 Å². The van der Waals surface area contributed by atoms with Crippen molar-refractivity contribution in [1.29, 1.82) is 0 Å². The number of thioether (sulfide) groups is 1. The molecule has 18 heavy (non-hydrogen) atoms. The van der Waals surface area contributed by atoms with Gasteiger partial charge in [-0.1, -0.05) is 25.1 Å². The molecule has 1 fully saturated rings. The first-order chi connectivity index (χ1) is 8.31. The summed E-state index contributed by atoms with van der Waals surface area (Å²) in [6, 6.07) is 5.23. The van der Waals surface area contributed by atoms with Gasteiger partial charge in [-0.05, 0) is 23.8 Å². The number of hydrogen-bond acceptors (Lipinski definition) is 2. The molecule has 100 valence electrons. The van der Waals surface area contributed by atoms with Gasteiger partial charge in [0.25, 0.3) is 0 Å². The van der Waals surface area contributed by atoms with Crippen molar-refractivity contribution in [2.75, 3.05) is 5.75 Å². The fourth-order valence-corrected chi connectivity index (χ4v) is 3.55. The van der Waals surface area contributed by atoms with Crippen LogP contribution in [-0.2, 0) is 12.6 Å². The van der Waals surface area contributed by atoms with Crippen LogP contribution in [-0.4, -0.2) is 21.7 Å². The Hall–Kier alpha value is -0.680. The Morgan fingerprint density at radius 2 is 2.17 bits per heavy atom. The van der Waals surface area contributed by atoms with Crippen LogP contribution in [0.25, 0.3) is 0 Å². The highest BCUT2D eigenvalue weighted by Gasteiger charge is 2.39. The average Bonchev–Trinajstić information content (AvgIpc) is 2.58. The van der Waals surface area contributed by atoms with Crippen molar-refractivity contribution >= 4 is 11.8 Å². The van der Waals surface area contributed by atoms with Crippen LogP contribution in [0, 0.1) is 0 Å². The second-order valence-electron chi connectivity index (χ2n) is 4.74. The number of halogens is 3. The Balaban J connectivity index is 2.20. The molecule has 0 bridgehead atoms. The molecule has 0 spiro atoms. The Bertz CT molecular complexity index is 432. The smallest absolute Gasteiger partial charge is 0.388 e. The van der Waals surface area contributed by atoms with Gasteiger partial charge >= 0.3 is 6.18 Å². The van der Waals surface area contributed by atoms with E-state index in [1.54, 1.807) is 17.8 Å². The van der Waals surface area contributed by atoms with Crippen molar-refractivity contribution in [2.45, 2.75) is 36.8 Å². The number of alkyl halides is 3. The molecule has 1 N–H and O–H groups in total. The van der Waals surface area contributed by atoms with Crippen LogP contribution in [0.5, 0.6) is 0 Å². The molecule has 1 aliphatic heterocycles. The lowest BCUT2D eigenvalue weighted by Crippen LogP contribution is -2.37. The summed E-state index contributed by atoms with van der Waals surface area (Å²) in [5, 5.41) is 10.5. The zero-order valence-corrected chi connectivity index (χ0v) is 10.8. The number of aliphatic hydroxyl groups is 1. The lowest BCUT2D eigenvalue weighted by atomic mass is 9.89. The molecule has 2 atom stereocenters. The second-order valence-corrected chi connectivity index (χ2v) is 6.19. The predicted octanol–water partition coefficient (Wildman–Crippen LogP) is 3.50. The number of benzene rings is 1. The summed E-state index contributed by atoms with van der Waals surface area (Å²) in [5.74, 6) is 0.858. The normalized spacial score (nSPS) is 28.6. The molecule has 1 aromatic carbocycles. The lowest BCUT2D eigenvalue weighted by molar-refractivity contribution is -0.137. The summed E-state index contributed by atoms with van der Waals surface area (Å²) in [4.78, 5) is 0. The largest absolute Gasteiger partial charge is 0.416 e.